The highest BCUT2D eigenvalue weighted by molar-refractivity contribution is 7.23. The monoisotopic (exact) mass is 535 g/mol. The Kier molecular flexibility index (Phi) is 6.62. The molecular weight excluding hydrogens is 492 g/mol. The average molecular weight is 536 g/mol. The van der Waals surface area contributed by atoms with Crippen molar-refractivity contribution < 1.29 is 1.37 Å². The highest BCUT2D eigenvalue weighted by Gasteiger charge is 2.25. The van der Waals surface area contributed by atoms with Crippen molar-refractivity contribution in [3.05, 3.63) is 82.7 Å². The van der Waals surface area contributed by atoms with Crippen molar-refractivity contribution in [3.8, 4) is 21.7 Å². The number of thiophene rings is 1. The first-order chi connectivity index (χ1) is 18.6. The summed E-state index contributed by atoms with van der Waals surface area (Å²) >= 11 is 1.79. The van der Waals surface area contributed by atoms with Crippen LogP contribution < -0.4 is 0 Å². The van der Waals surface area contributed by atoms with E-state index in [2.05, 4.69) is 118 Å². The fraction of sp³-hybridized carbons (Fsp3) is 0.389. The molecule has 2 aromatic heterocycles. The Morgan fingerprint density at radius 3 is 2.18 bits per heavy atom. The maximum Gasteiger partial charge on any atom is 0.116 e. The van der Waals surface area contributed by atoms with Crippen LogP contribution in [0.3, 0.4) is 0 Å². The molecule has 5 rings (SSSR count). The predicted octanol–water partition coefficient (Wildman–Crippen LogP) is 10.8. The van der Waals surface area contributed by atoms with Gasteiger partial charge in [-0.25, -0.2) is 9.97 Å². The Bertz CT molecular complexity index is 1720. The highest BCUT2D eigenvalue weighted by atomic mass is 32.1. The quantitative estimate of drug-likeness (QED) is 0.229. The molecule has 0 atom stereocenters. The second-order valence-electron chi connectivity index (χ2n) is 13.7. The molecule has 0 bridgehead atoms. The van der Waals surface area contributed by atoms with Crippen LogP contribution >= 0.6 is 11.3 Å². The second-order valence-corrected chi connectivity index (χ2v) is 14.7. The van der Waals surface area contributed by atoms with Crippen LogP contribution in [0.1, 0.15) is 90.5 Å². The molecule has 0 radical (unpaired) electrons. The lowest BCUT2D eigenvalue weighted by Crippen LogP contribution is -2.12. The molecule has 0 fully saturated rings. The summed E-state index contributed by atoms with van der Waals surface area (Å²) in [7, 11) is 0. The Morgan fingerprint density at radius 1 is 0.897 bits per heavy atom. The summed E-state index contributed by atoms with van der Waals surface area (Å²) in [6.45, 7) is 22.6. The van der Waals surface area contributed by atoms with E-state index in [1.165, 1.54) is 49.0 Å². The standard InChI is InChI=1S/C36H42N2S/c1-21(2)29-32-34(39-33(29)30-22(3)15-24(16-23(30)4)19-35(5,6)7)31(37-20-38-32)26-17-25-13-11-12-14-27(25)28(18-26)36(8,9)10/h11-18,20-21H,19H2,1-10H3/i20D. The van der Waals surface area contributed by atoms with Gasteiger partial charge in [-0.1, -0.05) is 91.8 Å². The third-order valence-corrected chi connectivity index (χ3v) is 8.75. The van der Waals surface area contributed by atoms with Crippen molar-refractivity contribution in [2.75, 3.05) is 0 Å². The van der Waals surface area contributed by atoms with E-state index >= 15 is 0 Å². The van der Waals surface area contributed by atoms with Crippen molar-refractivity contribution in [3.63, 3.8) is 0 Å². The van der Waals surface area contributed by atoms with Gasteiger partial charge in [0.05, 0.1) is 15.9 Å². The molecule has 0 aliphatic carbocycles. The van der Waals surface area contributed by atoms with E-state index in [9.17, 15) is 0 Å². The SMILES string of the molecule is [2H]c1nc(-c2cc(C(C)(C)C)c3ccccc3c2)c2sc(-c3c(C)cc(CC(C)(C)C)cc3C)c(C(C)C)c2n1. The molecular formula is C36H42N2S. The van der Waals surface area contributed by atoms with Gasteiger partial charge in [0.2, 0.25) is 0 Å². The van der Waals surface area contributed by atoms with Crippen molar-refractivity contribution >= 4 is 32.3 Å². The first kappa shape index (κ1) is 26.2. The third kappa shape index (κ3) is 5.26. The van der Waals surface area contributed by atoms with Gasteiger partial charge in [0, 0.05) is 10.4 Å². The highest BCUT2D eigenvalue weighted by Crippen LogP contribution is 2.47. The van der Waals surface area contributed by atoms with Gasteiger partial charge in [0.1, 0.15) is 7.67 Å². The number of aryl methyl sites for hydroxylation is 2. The lowest BCUT2D eigenvalue weighted by molar-refractivity contribution is 0.411. The summed E-state index contributed by atoms with van der Waals surface area (Å²) in [6.07, 6.45) is 1.13. The van der Waals surface area contributed by atoms with Crippen LogP contribution in [0.25, 0.3) is 42.7 Å². The molecule has 39 heavy (non-hydrogen) atoms. The smallest absolute Gasteiger partial charge is 0.116 e. The van der Waals surface area contributed by atoms with E-state index in [4.69, 9.17) is 11.3 Å². The van der Waals surface area contributed by atoms with Gasteiger partial charge < -0.3 is 0 Å². The molecule has 0 aliphatic heterocycles. The minimum atomic E-state index is -0.0295. The Balaban J connectivity index is 1.80. The van der Waals surface area contributed by atoms with E-state index in [-0.39, 0.29) is 23.1 Å². The maximum atomic E-state index is 8.64. The van der Waals surface area contributed by atoms with Crippen LogP contribution in [-0.4, -0.2) is 9.97 Å². The normalized spacial score (nSPS) is 13.1. The van der Waals surface area contributed by atoms with Crippen LogP contribution in [0.15, 0.2) is 54.8 Å². The molecule has 0 unspecified atom stereocenters. The van der Waals surface area contributed by atoms with E-state index in [1.807, 2.05) is 0 Å². The number of fused-ring (bicyclic) bond motifs is 2. The van der Waals surface area contributed by atoms with Gasteiger partial charge in [-0.3, -0.25) is 0 Å². The zero-order valence-corrected chi connectivity index (χ0v) is 26.0. The van der Waals surface area contributed by atoms with Gasteiger partial charge >= 0.3 is 0 Å². The lowest BCUT2D eigenvalue weighted by atomic mass is 9.82. The number of rotatable bonds is 4. The zero-order chi connectivity index (χ0) is 29.1. The molecule has 0 N–H and O–H groups in total. The Labute approximate surface area is 240 Å². The summed E-state index contributed by atoms with van der Waals surface area (Å²) in [5, 5.41) is 2.47. The van der Waals surface area contributed by atoms with Gasteiger partial charge in [-0.05, 0) is 93.3 Å². The van der Waals surface area contributed by atoms with Gasteiger partial charge in [-0.15, -0.1) is 11.3 Å². The molecule has 3 aromatic carbocycles. The lowest BCUT2D eigenvalue weighted by Gasteiger charge is -2.22. The van der Waals surface area contributed by atoms with Crippen LogP contribution in [0, 0.1) is 19.3 Å². The maximum absolute atomic E-state index is 8.64. The number of aromatic nitrogens is 2. The van der Waals surface area contributed by atoms with Gasteiger partial charge in [-0.2, -0.15) is 0 Å². The van der Waals surface area contributed by atoms with E-state index in [0.29, 0.717) is 0 Å². The fourth-order valence-electron chi connectivity index (χ4n) is 5.99. The van der Waals surface area contributed by atoms with Crippen molar-refractivity contribution in [1.29, 1.82) is 0 Å². The number of hydrogen-bond acceptors (Lipinski definition) is 3. The molecule has 0 amide bonds. The molecule has 5 aromatic rings. The van der Waals surface area contributed by atoms with Gasteiger partial charge in [0.15, 0.2) is 0 Å². The molecule has 0 saturated heterocycles. The molecule has 2 heterocycles. The second kappa shape index (κ2) is 9.86. The van der Waals surface area contributed by atoms with Crippen molar-refractivity contribution in [1.82, 2.24) is 9.97 Å². The van der Waals surface area contributed by atoms with Crippen molar-refractivity contribution in [2.24, 2.45) is 5.41 Å². The molecule has 3 heteroatoms. The largest absolute Gasteiger partial charge is 0.235 e. The Hall–Kier alpha value is -3.04. The van der Waals surface area contributed by atoms with Crippen LogP contribution in [0.4, 0.5) is 0 Å². The summed E-state index contributed by atoms with van der Waals surface area (Å²) in [5.74, 6) is 0.265. The summed E-state index contributed by atoms with van der Waals surface area (Å²) in [6, 6.07) is 17.8. The molecule has 202 valence electrons. The molecule has 0 aliphatic rings. The average Bonchev–Trinajstić information content (AvgIpc) is 3.19. The third-order valence-electron chi connectivity index (χ3n) is 7.53. The molecule has 0 spiro atoms. The van der Waals surface area contributed by atoms with Crippen molar-refractivity contribution in [2.45, 2.75) is 87.0 Å². The van der Waals surface area contributed by atoms with Crippen LogP contribution in [0.2, 0.25) is 0 Å². The first-order valence-corrected chi connectivity index (χ1v) is 14.9. The molecule has 2 nitrogen and oxygen atoms in total. The number of nitrogens with zero attached hydrogens (tertiary/aromatic N) is 2. The van der Waals surface area contributed by atoms with E-state index in [0.717, 1.165) is 27.9 Å². The predicted molar refractivity (Wildman–Crippen MR) is 171 cm³/mol. The number of hydrogen-bond donors (Lipinski definition) is 0. The summed E-state index contributed by atoms with van der Waals surface area (Å²) in [4.78, 5) is 10.8. The number of benzene rings is 3. The fourth-order valence-corrected chi connectivity index (χ4v) is 7.58. The van der Waals surface area contributed by atoms with Crippen LogP contribution in [0.5, 0.6) is 0 Å². The first-order valence-electron chi connectivity index (χ1n) is 14.6. The van der Waals surface area contributed by atoms with Gasteiger partial charge in [0.25, 0.3) is 0 Å². The Morgan fingerprint density at radius 2 is 1.56 bits per heavy atom. The molecule has 0 saturated carbocycles. The summed E-state index contributed by atoms with van der Waals surface area (Å²) < 4.78 is 9.71. The van der Waals surface area contributed by atoms with E-state index < -0.39 is 0 Å². The van der Waals surface area contributed by atoms with E-state index in [1.54, 1.807) is 11.3 Å². The van der Waals surface area contributed by atoms with Crippen LogP contribution in [-0.2, 0) is 11.8 Å². The minimum absolute atomic E-state index is 0.0295. The minimum Gasteiger partial charge on any atom is -0.235 e. The topological polar surface area (TPSA) is 25.8 Å². The zero-order valence-electron chi connectivity index (χ0n) is 26.2. The summed E-state index contributed by atoms with van der Waals surface area (Å²) in [5.41, 5.74) is 10.9.